The van der Waals surface area contributed by atoms with E-state index in [9.17, 15) is 9.59 Å². The molecule has 1 aromatic carbocycles. The average Bonchev–Trinajstić information content (AvgIpc) is 3.31. The Bertz CT molecular complexity index is 1030. The van der Waals surface area contributed by atoms with Crippen LogP contribution in [0.25, 0.3) is 10.9 Å². The van der Waals surface area contributed by atoms with E-state index in [1.54, 1.807) is 19.4 Å². The molecule has 0 aliphatic carbocycles. The SMILES string of the molecule is COC1(c2ccc3nccc(C(=O)NCC(=O)N4CSC[C@H]4C#N)c3c2)CCOCC1. The van der Waals surface area contributed by atoms with Crippen LogP contribution in [0.1, 0.15) is 28.8 Å². The fourth-order valence-corrected chi connectivity index (χ4v) is 5.19. The van der Waals surface area contributed by atoms with Gasteiger partial charge in [0.05, 0.1) is 35.2 Å². The van der Waals surface area contributed by atoms with Gasteiger partial charge in [0.25, 0.3) is 5.91 Å². The minimum atomic E-state index is -0.453. The number of aromatic nitrogens is 1. The number of fused-ring (bicyclic) bond motifs is 1. The zero-order chi connectivity index (χ0) is 21.8. The van der Waals surface area contributed by atoms with E-state index < -0.39 is 11.6 Å². The van der Waals surface area contributed by atoms with E-state index in [0.717, 1.165) is 18.4 Å². The molecule has 2 aliphatic heterocycles. The molecule has 8 nitrogen and oxygen atoms in total. The van der Waals surface area contributed by atoms with E-state index in [1.807, 2.05) is 18.2 Å². The molecule has 3 heterocycles. The molecule has 2 saturated heterocycles. The molecule has 0 unspecified atom stereocenters. The van der Waals surface area contributed by atoms with Gasteiger partial charge in [-0.05, 0) is 23.8 Å². The fourth-order valence-electron chi connectivity index (χ4n) is 4.09. The van der Waals surface area contributed by atoms with Gasteiger partial charge in [-0.2, -0.15) is 5.26 Å². The summed E-state index contributed by atoms with van der Waals surface area (Å²) in [6.45, 7) is 1.08. The lowest BCUT2D eigenvalue weighted by molar-refractivity contribution is -0.129. The molecule has 1 atom stereocenters. The lowest BCUT2D eigenvalue weighted by atomic mass is 9.85. The number of methoxy groups -OCH3 is 1. The third-order valence-electron chi connectivity index (χ3n) is 5.96. The summed E-state index contributed by atoms with van der Waals surface area (Å²) in [6.07, 6.45) is 3.06. The second-order valence-corrected chi connectivity index (χ2v) is 8.59. The van der Waals surface area contributed by atoms with Gasteiger partial charge in [0, 0.05) is 50.5 Å². The Morgan fingerprint density at radius 3 is 2.94 bits per heavy atom. The number of hydrogen-bond acceptors (Lipinski definition) is 7. The number of carbonyl (C=O) groups excluding carboxylic acids is 2. The highest BCUT2D eigenvalue weighted by Gasteiger charge is 2.35. The average molecular weight is 441 g/mol. The normalized spacial score (nSPS) is 20.4. The first-order valence-corrected chi connectivity index (χ1v) is 11.3. The summed E-state index contributed by atoms with van der Waals surface area (Å²) in [7, 11) is 1.70. The van der Waals surface area contributed by atoms with Crippen LogP contribution >= 0.6 is 11.8 Å². The molecule has 2 aliphatic rings. The Morgan fingerprint density at radius 1 is 1.39 bits per heavy atom. The minimum Gasteiger partial charge on any atom is -0.381 e. The van der Waals surface area contributed by atoms with Crippen LogP contribution in [0.2, 0.25) is 0 Å². The highest BCUT2D eigenvalue weighted by molar-refractivity contribution is 7.99. The maximum absolute atomic E-state index is 12.9. The molecule has 1 aromatic heterocycles. The number of rotatable bonds is 5. The number of benzene rings is 1. The Balaban J connectivity index is 1.56. The summed E-state index contributed by atoms with van der Waals surface area (Å²) in [5.41, 5.74) is 1.67. The molecule has 162 valence electrons. The summed E-state index contributed by atoms with van der Waals surface area (Å²) >= 11 is 1.53. The van der Waals surface area contributed by atoms with Crippen LogP contribution in [0.4, 0.5) is 0 Å². The maximum Gasteiger partial charge on any atom is 0.252 e. The van der Waals surface area contributed by atoms with Crippen LogP contribution in [-0.2, 0) is 19.9 Å². The lowest BCUT2D eigenvalue weighted by Crippen LogP contribution is -2.42. The number of ether oxygens (including phenoxy) is 2. The van der Waals surface area contributed by atoms with Gasteiger partial charge in [0.15, 0.2) is 0 Å². The molecule has 31 heavy (non-hydrogen) atoms. The number of hydrogen-bond donors (Lipinski definition) is 1. The zero-order valence-electron chi connectivity index (χ0n) is 17.3. The van der Waals surface area contributed by atoms with Gasteiger partial charge in [-0.15, -0.1) is 11.8 Å². The second kappa shape index (κ2) is 9.22. The number of nitriles is 1. The maximum atomic E-state index is 12.9. The molecular weight excluding hydrogens is 416 g/mol. The number of carbonyl (C=O) groups is 2. The summed E-state index contributed by atoms with van der Waals surface area (Å²) in [6, 6.07) is 9.17. The van der Waals surface area contributed by atoms with Crippen molar-refractivity contribution in [3.63, 3.8) is 0 Å². The summed E-state index contributed by atoms with van der Waals surface area (Å²) in [4.78, 5) is 31.3. The predicted octanol–water partition coefficient (Wildman–Crippen LogP) is 2.04. The van der Waals surface area contributed by atoms with E-state index in [4.69, 9.17) is 14.7 Å². The van der Waals surface area contributed by atoms with Crippen molar-refractivity contribution in [3.8, 4) is 6.07 Å². The Labute approximate surface area is 184 Å². The van der Waals surface area contributed by atoms with Crippen molar-refractivity contribution >= 4 is 34.5 Å². The Hall–Kier alpha value is -2.67. The van der Waals surface area contributed by atoms with Gasteiger partial charge in [0.2, 0.25) is 5.91 Å². The Kier molecular flexibility index (Phi) is 6.41. The van der Waals surface area contributed by atoms with Crippen LogP contribution < -0.4 is 5.32 Å². The van der Waals surface area contributed by atoms with E-state index in [2.05, 4.69) is 16.4 Å². The topological polar surface area (TPSA) is 105 Å². The summed E-state index contributed by atoms with van der Waals surface area (Å²) < 4.78 is 11.4. The number of nitrogens with one attached hydrogen (secondary N) is 1. The van der Waals surface area contributed by atoms with Crippen molar-refractivity contribution in [2.24, 2.45) is 0 Å². The monoisotopic (exact) mass is 440 g/mol. The van der Waals surface area contributed by atoms with E-state index >= 15 is 0 Å². The first-order chi connectivity index (χ1) is 15.1. The number of thioether (sulfide) groups is 1. The molecular formula is C22H24N4O4S. The molecule has 0 bridgehead atoms. The zero-order valence-corrected chi connectivity index (χ0v) is 18.1. The highest BCUT2D eigenvalue weighted by atomic mass is 32.2. The molecule has 9 heteroatoms. The minimum absolute atomic E-state index is 0.152. The van der Waals surface area contributed by atoms with E-state index in [0.29, 0.717) is 41.3 Å². The molecule has 4 rings (SSSR count). The van der Waals surface area contributed by atoms with Crippen molar-refractivity contribution < 1.29 is 19.1 Å². The van der Waals surface area contributed by atoms with Gasteiger partial charge >= 0.3 is 0 Å². The van der Waals surface area contributed by atoms with E-state index in [1.165, 1.54) is 16.7 Å². The molecule has 0 saturated carbocycles. The molecule has 2 fully saturated rings. The van der Waals surface area contributed by atoms with Crippen molar-refractivity contribution in [3.05, 3.63) is 41.6 Å². The van der Waals surface area contributed by atoms with Gasteiger partial charge in [0.1, 0.15) is 6.04 Å². The van der Waals surface area contributed by atoms with Crippen LogP contribution in [-0.4, -0.2) is 66.2 Å². The van der Waals surface area contributed by atoms with Gasteiger partial charge in [-0.3, -0.25) is 14.6 Å². The molecule has 1 N–H and O–H groups in total. The van der Waals surface area contributed by atoms with E-state index in [-0.39, 0.29) is 18.4 Å². The number of pyridine rings is 1. The van der Waals surface area contributed by atoms with Crippen LogP contribution in [0.5, 0.6) is 0 Å². The van der Waals surface area contributed by atoms with Crippen molar-refractivity contribution in [2.45, 2.75) is 24.5 Å². The first-order valence-electron chi connectivity index (χ1n) is 10.1. The van der Waals surface area contributed by atoms with Crippen LogP contribution in [0.3, 0.4) is 0 Å². The molecule has 2 amide bonds. The molecule has 0 spiro atoms. The van der Waals surface area contributed by atoms with Gasteiger partial charge < -0.3 is 19.7 Å². The summed E-state index contributed by atoms with van der Waals surface area (Å²) in [5.74, 6) is 0.457. The highest BCUT2D eigenvalue weighted by Crippen LogP contribution is 2.37. The fraction of sp³-hybridized carbons (Fsp3) is 0.455. The van der Waals surface area contributed by atoms with Crippen molar-refractivity contribution in [1.82, 2.24) is 15.2 Å². The van der Waals surface area contributed by atoms with Crippen LogP contribution in [0.15, 0.2) is 30.5 Å². The Morgan fingerprint density at radius 2 is 2.19 bits per heavy atom. The van der Waals surface area contributed by atoms with Gasteiger partial charge in [-0.25, -0.2) is 0 Å². The lowest BCUT2D eigenvalue weighted by Gasteiger charge is -2.36. The largest absolute Gasteiger partial charge is 0.381 e. The predicted molar refractivity (Wildman–Crippen MR) is 116 cm³/mol. The van der Waals surface area contributed by atoms with Crippen molar-refractivity contribution in [2.75, 3.05) is 38.5 Å². The number of nitrogens with zero attached hydrogens (tertiary/aromatic N) is 3. The quantitative estimate of drug-likeness (QED) is 0.759. The van der Waals surface area contributed by atoms with Crippen molar-refractivity contribution in [1.29, 1.82) is 5.26 Å². The second-order valence-electron chi connectivity index (χ2n) is 7.59. The summed E-state index contributed by atoms with van der Waals surface area (Å²) in [5, 5.41) is 12.6. The molecule has 0 radical (unpaired) electrons. The smallest absolute Gasteiger partial charge is 0.252 e. The number of amides is 2. The van der Waals surface area contributed by atoms with Gasteiger partial charge in [-0.1, -0.05) is 6.07 Å². The standard InChI is InChI=1S/C22H24N4O4S/c1-29-22(5-8-30-9-6-22)15-2-3-19-18(10-15)17(4-7-24-19)21(28)25-12-20(27)26-14-31-13-16(26)11-23/h2-4,7,10,16H,5-6,8-9,12-14H2,1H3,(H,25,28)/t16-/m1/s1. The molecule has 2 aromatic rings. The third kappa shape index (κ3) is 4.24. The third-order valence-corrected chi connectivity index (χ3v) is 6.97. The first kappa shape index (κ1) is 21.6. The van der Waals surface area contributed by atoms with Crippen LogP contribution in [0, 0.1) is 11.3 Å².